The molecule has 0 bridgehead atoms. The number of allylic oxidation sites excluding steroid dienone is 4. The number of hydrogen-bond donors (Lipinski definition) is 0. The number of rotatable bonds is 0. The topological polar surface area (TPSA) is 34.1 Å². The zero-order valence-electron chi connectivity index (χ0n) is 6.04. The van der Waals surface area contributed by atoms with Crippen molar-refractivity contribution in [2.45, 2.75) is 6.42 Å². The van der Waals surface area contributed by atoms with E-state index in [4.69, 9.17) is 46.4 Å². The summed E-state index contributed by atoms with van der Waals surface area (Å²) in [5.74, 6) is -1.23. The standard InChI is InChI=1S/C7H2Cl4O2/c8-2-1-3(12)5(10)6(11)7(13)4(2)9/h1H2. The van der Waals surface area contributed by atoms with E-state index in [0.29, 0.717) is 0 Å². The normalized spacial score (nSPS) is 19.7. The Morgan fingerprint density at radius 2 is 1.38 bits per heavy atom. The van der Waals surface area contributed by atoms with Crippen LogP contribution in [0.1, 0.15) is 6.42 Å². The average Bonchev–Trinajstić information content (AvgIpc) is 2.15. The van der Waals surface area contributed by atoms with Crippen molar-refractivity contribution in [2.75, 3.05) is 0 Å². The molecule has 0 N–H and O–H groups in total. The summed E-state index contributed by atoms with van der Waals surface area (Å²) in [6.07, 6.45) is -0.193. The van der Waals surface area contributed by atoms with E-state index < -0.39 is 11.6 Å². The first kappa shape index (κ1) is 11.1. The van der Waals surface area contributed by atoms with E-state index >= 15 is 0 Å². The molecule has 2 nitrogen and oxygen atoms in total. The summed E-state index contributed by atoms with van der Waals surface area (Å²) in [6.45, 7) is 0. The molecular weight excluding hydrogens is 258 g/mol. The third-order valence-corrected chi connectivity index (χ3v) is 3.07. The van der Waals surface area contributed by atoms with Crippen molar-refractivity contribution in [3.8, 4) is 0 Å². The molecule has 70 valence electrons. The van der Waals surface area contributed by atoms with E-state index in [9.17, 15) is 9.59 Å². The zero-order valence-corrected chi connectivity index (χ0v) is 9.06. The highest BCUT2D eigenvalue weighted by molar-refractivity contribution is 6.62. The van der Waals surface area contributed by atoms with Gasteiger partial charge in [-0.3, -0.25) is 9.59 Å². The fraction of sp³-hybridized carbons (Fsp3) is 0.143. The maximum atomic E-state index is 11.2. The van der Waals surface area contributed by atoms with Crippen LogP contribution < -0.4 is 0 Å². The summed E-state index contributed by atoms with van der Waals surface area (Å²) in [7, 11) is 0. The third kappa shape index (κ3) is 2.08. The Balaban J connectivity index is 3.30. The molecule has 0 unspecified atom stereocenters. The molecule has 1 aliphatic carbocycles. The Hall–Kier alpha value is -0.0200. The van der Waals surface area contributed by atoms with Gasteiger partial charge < -0.3 is 0 Å². The van der Waals surface area contributed by atoms with Gasteiger partial charge in [0.05, 0.1) is 0 Å². The fourth-order valence-corrected chi connectivity index (χ4v) is 1.51. The predicted octanol–water partition coefficient (Wildman–Crippen LogP) is 2.91. The summed E-state index contributed by atoms with van der Waals surface area (Å²) in [5, 5.41) is -0.992. The van der Waals surface area contributed by atoms with E-state index in [-0.39, 0.29) is 26.5 Å². The van der Waals surface area contributed by atoms with Gasteiger partial charge in [0.25, 0.3) is 0 Å². The minimum Gasteiger partial charge on any atom is -0.293 e. The van der Waals surface area contributed by atoms with Crippen LogP contribution >= 0.6 is 46.4 Å². The minimum atomic E-state index is -0.718. The lowest BCUT2D eigenvalue weighted by atomic mass is 10.3. The van der Waals surface area contributed by atoms with Crippen LogP contribution in [-0.4, -0.2) is 11.6 Å². The van der Waals surface area contributed by atoms with Gasteiger partial charge in [-0.15, -0.1) is 0 Å². The first-order valence-electron chi connectivity index (χ1n) is 3.12. The molecule has 0 aliphatic heterocycles. The molecule has 13 heavy (non-hydrogen) atoms. The average molecular weight is 260 g/mol. The van der Waals surface area contributed by atoms with Crippen molar-refractivity contribution in [1.82, 2.24) is 0 Å². The monoisotopic (exact) mass is 258 g/mol. The summed E-state index contributed by atoms with van der Waals surface area (Å²) >= 11 is 22.0. The number of carbonyl (C=O) groups is 2. The molecular formula is C7H2Cl4O2. The van der Waals surface area contributed by atoms with Crippen molar-refractivity contribution >= 4 is 58.0 Å². The first-order chi connectivity index (χ1) is 5.95. The van der Waals surface area contributed by atoms with Gasteiger partial charge in [-0.25, -0.2) is 0 Å². The van der Waals surface area contributed by atoms with E-state index in [1.54, 1.807) is 0 Å². The van der Waals surface area contributed by atoms with Crippen LogP contribution in [0.5, 0.6) is 0 Å². The zero-order chi connectivity index (χ0) is 10.2. The van der Waals surface area contributed by atoms with E-state index in [0.717, 1.165) is 0 Å². The first-order valence-corrected chi connectivity index (χ1v) is 4.63. The smallest absolute Gasteiger partial charge is 0.218 e. The van der Waals surface area contributed by atoms with Crippen molar-refractivity contribution in [3.63, 3.8) is 0 Å². The van der Waals surface area contributed by atoms with Gasteiger partial charge in [-0.05, 0) is 0 Å². The molecule has 1 rings (SSSR count). The van der Waals surface area contributed by atoms with Crippen LogP contribution in [0.2, 0.25) is 0 Å². The molecule has 0 aromatic heterocycles. The van der Waals surface area contributed by atoms with Gasteiger partial charge in [-0.1, -0.05) is 46.4 Å². The molecule has 0 saturated heterocycles. The van der Waals surface area contributed by atoms with Crippen LogP contribution in [0.25, 0.3) is 0 Å². The van der Waals surface area contributed by atoms with Crippen molar-refractivity contribution in [3.05, 3.63) is 20.1 Å². The molecule has 0 heterocycles. The van der Waals surface area contributed by atoms with Gasteiger partial charge >= 0.3 is 0 Å². The van der Waals surface area contributed by atoms with Crippen molar-refractivity contribution in [1.29, 1.82) is 0 Å². The molecule has 0 aromatic carbocycles. The van der Waals surface area contributed by atoms with Crippen LogP contribution in [0, 0.1) is 0 Å². The molecule has 0 fully saturated rings. The summed E-state index contributed by atoms with van der Waals surface area (Å²) in [4.78, 5) is 22.3. The van der Waals surface area contributed by atoms with Crippen molar-refractivity contribution < 1.29 is 9.59 Å². The SMILES string of the molecule is O=C1CC(Cl)=C(Cl)C(=O)C(Cl)=C1Cl. The fourth-order valence-electron chi connectivity index (χ4n) is 0.738. The van der Waals surface area contributed by atoms with Crippen LogP contribution in [0.4, 0.5) is 0 Å². The number of carbonyl (C=O) groups excluding carboxylic acids is 2. The Morgan fingerprint density at radius 3 is 1.92 bits per heavy atom. The van der Waals surface area contributed by atoms with Crippen LogP contribution in [0.3, 0.4) is 0 Å². The lowest BCUT2D eigenvalue weighted by Crippen LogP contribution is -2.00. The van der Waals surface area contributed by atoms with Gasteiger partial charge in [0.15, 0.2) is 5.78 Å². The summed E-state index contributed by atoms with van der Waals surface area (Å²) in [5.41, 5.74) is 0. The highest BCUT2D eigenvalue weighted by Crippen LogP contribution is 2.31. The molecule has 1 aliphatic rings. The number of halogens is 4. The largest absolute Gasteiger partial charge is 0.293 e. The highest BCUT2D eigenvalue weighted by atomic mass is 35.5. The molecule has 0 saturated carbocycles. The second-order valence-corrected chi connectivity index (χ2v) is 3.87. The number of hydrogen-bond acceptors (Lipinski definition) is 2. The molecule has 0 amide bonds. The third-order valence-electron chi connectivity index (χ3n) is 1.39. The molecule has 0 atom stereocenters. The highest BCUT2D eigenvalue weighted by Gasteiger charge is 2.27. The molecule has 6 heteroatoms. The Kier molecular flexibility index (Phi) is 3.41. The quantitative estimate of drug-likeness (QED) is 0.670. The van der Waals surface area contributed by atoms with Crippen molar-refractivity contribution in [2.24, 2.45) is 0 Å². The summed E-state index contributed by atoms with van der Waals surface area (Å²) in [6, 6.07) is 0. The minimum absolute atomic E-state index is 0.0366. The van der Waals surface area contributed by atoms with Crippen LogP contribution in [-0.2, 0) is 9.59 Å². The lowest BCUT2D eigenvalue weighted by molar-refractivity contribution is -0.115. The Labute approximate surface area is 94.1 Å². The molecule has 0 spiro atoms. The van der Waals surface area contributed by atoms with E-state index in [1.807, 2.05) is 0 Å². The second kappa shape index (κ2) is 4.01. The van der Waals surface area contributed by atoms with E-state index in [1.165, 1.54) is 0 Å². The maximum absolute atomic E-state index is 11.2. The Morgan fingerprint density at radius 1 is 0.846 bits per heavy atom. The maximum Gasteiger partial charge on any atom is 0.218 e. The second-order valence-electron chi connectivity index (χ2n) is 2.28. The number of ketones is 2. The lowest BCUT2D eigenvalue weighted by Gasteiger charge is -1.94. The van der Waals surface area contributed by atoms with E-state index in [2.05, 4.69) is 0 Å². The Bertz CT molecular complexity index is 354. The molecule has 0 radical (unpaired) electrons. The van der Waals surface area contributed by atoms with Gasteiger partial charge in [0, 0.05) is 11.5 Å². The predicted molar refractivity (Wildman–Crippen MR) is 52.1 cm³/mol. The van der Waals surface area contributed by atoms with Crippen LogP contribution in [0.15, 0.2) is 20.1 Å². The molecule has 0 aromatic rings. The summed E-state index contributed by atoms with van der Waals surface area (Å²) < 4.78 is 0. The van der Waals surface area contributed by atoms with Gasteiger partial charge in [0.2, 0.25) is 5.78 Å². The number of Topliss-reactive ketones (excluding diaryl/α,β-unsaturated/α-hetero) is 2. The van der Waals surface area contributed by atoms with Gasteiger partial charge in [0.1, 0.15) is 15.1 Å². The van der Waals surface area contributed by atoms with Gasteiger partial charge in [-0.2, -0.15) is 0 Å².